The van der Waals surface area contributed by atoms with E-state index in [9.17, 15) is 4.39 Å². The molecule has 2 aromatic heterocycles. The highest BCUT2D eigenvalue weighted by Gasteiger charge is 2.15. The molecule has 120 valence electrons. The molecule has 2 heterocycles. The second-order valence-electron chi connectivity index (χ2n) is 5.77. The molecule has 0 bridgehead atoms. The molecule has 1 N–H and O–H groups in total. The second-order valence-corrected chi connectivity index (χ2v) is 6.69. The summed E-state index contributed by atoms with van der Waals surface area (Å²) in [5, 5.41) is 8.51. The van der Waals surface area contributed by atoms with Crippen LogP contribution in [0.3, 0.4) is 0 Å². The van der Waals surface area contributed by atoms with Gasteiger partial charge in [0.2, 0.25) is 0 Å². The lowest BCUT2D eigenvalue weighted by Gasteiger charge is -2.18. The number of benzene rings is 1. The van der Waals surface area contributed by atoms with Crippen molar-refractivity contribution in [2.75, 3.05) is 5.32 Å². The van der Waals surface area contributed by atoms with Crippen LogP contribution >= 0.6 is 15.9 Å². The molecule has 0 aliphatic rings. The van der Waals surface area contributed by atoms with Crippen LogP contribution in [0.25, 0.3) is 10.9 Å². The first-order valence-corrected chi connectivity index (χ1v) is 8.17. The van der Waals surface area contributed by atoms with Crippen molar-refractivity contribution in [2.24, 2.45) is 7.05 Å². The van der Waals surface area contributed by atoms with Gasteiger partial charge in [0.15, 0.2) is 5.82 Å². The van der Waals surface area contributed by atoms with E-state index in [-0.39, 0.29) is 11.9 Å². The van der Waals surface area contributed by atoms with Crippen molar-refractivity contribution >= 4 is 32.5 Å². The van der Waals surface area contributed by atoms with Gasteiger partial charge in [-0.25, -0.2) is 9.37 Å². The zero-order valence-electron chi connectivity index (χ0n) is 13.5. The van der Waals surface area contributed by atoms with Gasteiger partial charge >= 0.3 is 0 Å². The molecule has 0 aliphatic carbocycles. The van der Waals surface area contributed by atoms with Gasteiger partial charge in [-0.1, -0.05) is 15.9 Å². The lowest BCUT2D eigenvalue weighted by molar-refractivity contribution is 0.635. The molecule has 1 unspecified atom stereocenters. The van der Waals surface area contributed by atoms with Crippen LogP contribution in [0.2, 0.25) is 0 Å². The number of fused-ring (bicyclic) bond motifs is 1. The van der Waals surface area contributed by atoms with E-state index in [1.54, 1.807) is 0 Å². The van der Waals surface area contributed by atoms with E-state index in [0.29, 0.717) is 9.99 Å². The summed E-state index contributed by atoms with van der Waals surface area (Å²) in [4.78, 5) is 4.33. The van der Waals surface area contributed by atoms with Gasteiger partial charge in [-0.3, -0.25) is 4.68 Å². The number of nitrogens with zero attached hydrogens (tertiary/aromatic N) is 3. The van der Waals surface area contributed by atoms with Gasteiger partial charge in [-0.15, -0.1) is 0 Å². The van der Waals surface area contributed by atoms with Crippen LogP contribution in [0.1, 0.15) is 29.9 Å². The Kier molecular flexibility index (Phi) is 4.10. The number of aromatic nitrogens is 3. The third kappa shape index (κ3) is 2.95. The van der Waals surface area contributed by atoms with Crippen molar-refractivity contribution in [1.29, 1.82) is 0 Å². The third-order valence-electron chi connectivity index (χ3n) is 4.07. The number of aryl methyl sites for hydroxylation is 2. The summed E-state index contributed by atoms with van der Waals surface area (Å²) in [7, 11) is 1.92. The van der Waals surface area contributed by atoms with Crippen LogP contribution in [-0.4, -0.2) is 14.8 Å². The summed E-state index contributed by atoms with van der Waals surface area (Å²) in [6.45, 7) is 5.97. The monoisotopic (exact) mass is 376 g/mol. The molecule has 0 amide bonds. The standard InChI is InChI=1S/C17H18BrFN4/c1-9-5-16(13-6-12(18)7-15(19)17(13)21-9)22-10(2)14-8-20-23(4)11(14)3/h5-8,10H,1-4H3,(H,21,22). The summed E-state index contributed by atoms with van der Waals surface area (Å²) in [6, 6.07) is 5.32. The predicted molar refractivity (Wildman–Crippen MR) is 94.1 cm³/mol. The van der Waals surface area contributed by atoms with E-state index >= 15 is 0 Å². The Balaban J connectivity index is 2.07. The maximum absolute atomic E-state index is 14.2. The van der Waals surface area contributed by atoms with Crippen LogP contribution in [0.15, 0.2) is 28.9 Å². The van der Waals surface area contributed by atoms with Crippen molar-refractivity contribution in [3.8, 4) is 0 Å². The number of anilines is 1. The highest BCUT2D eigenvalue weighted by Crippen LogP contribution is 2.31. The zero-order valence-corrected chi connectivity index (χ0v) is 15.1. The molecular weight excluding hydrogens is 359 g/mol. The minimum atomic E-state index is -0.327. The molecule has 3 aromatic rings. The Morgan fingerprint density at radius 1 is 1.26 bits per heavy atom. The quantitative estimate of drug-likeness (QED) is 0.722. The molecule has 4 nitrogen and oxygen atoms in total. The number of nitrogens with one attached hydrogen (secondary N) is 1. The van der Waals surface area contributed by atoms with Gasteiger partial charge in [0.25, 0.3) is 0 Å². The SMILES string of the molecule is Cc1cc(NC(C)c2cnn(C)c2C)c2cc(Br)cc(F)c2n1. The van der Waals surface area contributed by atoms with Crippen molar-refractivity contribution in [2.45, 2.75) is 26.8 Å². The Morgan fingerprint density at radius 3 is 2.65 bits per heavy atom. The van der Waals surface area contributed by atoms with Crippen molar-refractivity contribution in [1.82, 2.24) is 14.8 Å². The Hall–Kier alpha value is -1.95. The first-order valence-electron chi connectivity index (χ1n) is 7.38. The summed E-state index contributed by atoms with van der Waals surface area (Å²) in [6.07, 6.45) is 1.86. The van der Waals surface area contributed by atoms with Crippen molar-refractivity contribution in [3.63, 3.8) is 0 Å². The number of halogens is 2. The number of hydrogen-bond acceptors (Lipinski definition) is 3. The van der Waals surface area contributed by atoms with E-state index in [1.165, 1.54) is 6.07 Å². The Bertz CT molecular complexity index is 888. The summed E-state index contributed by atoms with van der Waals surface area (Å²) >= 11 is 3.35. The second kappa shape index (κ2) is 5.92. The highest BCUT2D eigenvalue weighted by molar-refractivity contribution is 9.10. The summed E-state index contributed by atoms with van der Waals surface area (Å²) in [5.74, 6) is -0.327. The predicted octanol–water partition coefficient (Wildman–Crippen LogP) is 4.66. The van der Waals surface area contributed by atoms with E-state index in [0.717, 1.165) is 28.0 Å². The molecule has 0 fully saturated rings. The molecule has 3 rings (SSSR count). The fraction of sp³-hybridized carbons (Fsp3) is 0.294. The van der Waals surface area contributed by atoms with Crippen LogP contribution in [0, 0.1) is 19.7 Å². The molecule has 1 aromatic carbocycles. The normalized spacial score (nSPS) is 12.6. The van der Waals surface area contributed by atoms with Crippen LogP contribution in [-0.2, 0) is 7.05 Å². The number of hydrogen-bond donors (Lipinski definition) is 1. The molecule has 0 spiro atoms. The van der Waals surface area contributed by atoms with Crippen molar-refractivity contribution in [3.05, 3.63) is 51.6 Å². The maximum atomic E-state index is 14.2. The maximum Gasteiger partial charge on any atom is 0.150 e. The molecule has 0 saturated heterocycles. The topological polar surface area (TPSA) is 42.7 Å². The van der Waals surface area contributed by atoms with Gasteiger partial charge in [0.1, 0.15) is 5.52 Å². The number of pyridine rings is 1. The van der Waals surface area contributed by atoms with Gasteiger partial charge in [0, 0.05) is 39.5 Å². The minimum absolute atomic E-state index is 0.0516. The van der Waals surface area contributed by atoms with E-state index < -0.39 is 0 Å². The smallest absolute Gasteiger partial charge is 0.150 e. The van der Waals surface area contributed by atoms with Crippen LogP contribution in [0.4, 0.5) is 10.1 Å². The van der Waals surface area contributed by atoms with Gasteiger partial charge in [-0.2, -0.15) is 5.10 Å². The van der Waals surface area contributed by atoms with E-state index in [4.69, 9.17) is 0 Å². The van der Waals surface area contributed by atoms with Crippen molar-refractivity contribution < 1.29 is 4.39 Å². The third-order valence-corrected chi connectivity index (χ3v) is 4.53. The molecule has 0 saturated carbocycles. The summed E-state index contributed by atoms with van der Waals surface area (Å²) < 4.78 is 16.7. The van der Waals surface area contributed by atoms with Gasteiger partial charge in [0.05, 0.1) is 12.2 Å². The van der Waals surface area contributed by atoms with Gasteiger partial charge < -0.3 is 5.32 Å². The largest absolute Gasteiger partial charge is 0.378 e. The molecular formula is C17H18BrFN4. The minimum Gasteiger partial charge on any atom is -0.378 e. The van der Waals surface area contributed by atoms with Crippen LogP contribution < -0.4 is 5.32 Å². The fourth-order valence-electron chi connectivity index (χ4n) is 2.75. The summed E-state index contributed by atoms with van der Waals surface area (Å²) in [5.41, 5.74) is 4.24. The lowest BCUT2D eigenvalue weighted by atomic mass is 10.1. The molecule has 0 radical (unpaired) electrons. The van der Waals surface area contributed by atoms with E-state index in [2.05, 4.69) is 38.3 Å². The molecule has 6 heteroatoms. The lowest BCUT2D eigenvalue weighted by Crippen LogP contribution is -2.09. The van der Waals surface area contributed by atoms with Gasteiger partial charge in [-0.05, 0) is 39.0 Å². The number of rotatable bonds is 3. The first kappa shape index (κ1) is 15.9. The molecule has 1 atom stereocenters. The zero-order chi connectivity index (χ0) is 16.7. The Labute approximate surface area is 142 Å². The average molecular weight is 377 g/mol. The molecule has 0 aliphatic heterocycles. The fourth-order valence-corrected chi connectivity index (χ4v) is 3.18. The molecule has 23 heavy (non-hydrogen) atoms. The first-order chi connectivity index (χ1) is 10.9. The van der Waals surface area contributed by atoms with E-state index in [1.807, 2.05) is 43.9 Å². The highest BCUT2D eigenvalue weighted by atomic mass is 79.9. The van der Waals surface area contributed by atoms with Crippen LogP contribution in [0.5, 0.6) is 0 Å². The Morgan fingerprint density at radius 2 is 2.00 bits per heavy atom. The average Bonchev–Trinajstić information content (AvgIpc) is 2.80.